The highest BCUT2D eigenvalue weighted by Crippen LogP contribution is 2.70. The predicted molar refractivity (Wildman–Crippen MR) is 205 cm³/mol. The number of methoxy groups -OCH3 is 1. The van der Waals surface area contributed by atoms with Crippen molar-refractivity contribution in [1.82, 2.24) is 0 Å². The van der Waals surface area contributed by atoms with Crippen LogP contribution < -0.4 is 0 Å². The lowest BCUT2D eigenvalue weighted by atomic mass is 9.42. The molecule has 4 aliphatic rings. The maximum Gasteiger partial charge on any atom is 0.305 e. The molecule has 0 amide bonds. The maximum absolute atomic E-state index is 12.3. The minimum absolute atomic E-state index is 0.0308. The summed E-state index contributed by atoms with van der Waals surface area (Å²) in [5.74, 6) is 2.76. The zero-order valence-corrected chi connectivity index (χ0v) is 37.4. The van der Waals surface area contributed by atoms with Crippen molar-refractivity contribution in [2.24, 2.45) is 46.3 Å². The van der Waals surface area contributed by atoms with Gasteiger partial charge in [0.15, 0.2) is 33.3 Å². The van der Waals surface area contributed by atoms with Gasteiger partial charge in [0.25, 0.3) is 0 Å². The second kappa shape index (κ2) is 14.0. The Balaban J connectivity index is 1.85. The van der Waals surface area contributed by atoms with Crippen LogP contribution in [0.3, 0.4) is 0 Å². The number of carbonyl (C=O) groups excluding carboxylic acids is 1. The average molecular weight is 727 g/mol. The molecule has 0 aliphatic heterocycles. The largest absolute Gasteiger partial charge is 0.469 e. The van der Waals surface area contributed by atoms with Gasteiger partial charge in [0, 0.05) is 12.5 Å². The molecule has 12 atom stereocenters. The molecule has 0 radical (unpaired) electrons. The Morgan fingerprint density at radius 2 is 1.26 bits per heavy atom. The lowest BCUT2D eigenvalue weighted by Crippen LogP contribution is -2.70. The van der Waals surface area contributed by atoms with Gasteiger partial charge in [-0.15, -0.1) is 0 Å². The molecule has 4 saturated carbocycles. The number of hydrogen-bond donors (Lipinski definition) is 0. The first-order chi connectivity index (χ1) is 21.3. The zero-order chi connectivity index (χ0) is 35.5. The highest BCUT2D eigenvalue weighted by atomic mass is 28.4. The standard InChI is InChI=1S/C37H74O6Si4/c1-25(17-20-32(38)39-4)27-18-19-28-33-29(24-31(37(27,28)3)41-45(8,9)10)36(2)22-21-26(40-44(5,6)7)23-30(36)34(42-46(11,12)13)35(33)43-47(14,15)16/h25-31,33-35H,17-24H2,1-16H3/t25?,26-,27?,28?,29?,30+,31+,33?,34-,35+,36?,37?/m1/s1. The number of esters is 1. The molecule has 0 spiro atoms. The van der Waals surface area contributed by atoms with Gasteiger partial charge in [0.1, 0.15) is 0 Å². The zero-order valence-electron chi connectivity index (χ0n) is 33.4. The first kappa shape index (κ1) is 40.0. The van der Waals surface area contributed by atoms with Crippen molar-refractivity contribution < 1.29 is 27.2 Å². The van der Waals surface area contributed by atoms with Crippen molar-refractivity contribution in [2.45, 2.75) is 175 Å². The molecule has 10 heteroatoms. The topological polar surface area (TPSA) is 63.2 Å². The minimum atomic E-state index is -1.93. The van der Waals surface area contributed by atoms with Crippen molar-refractivity contribution in [3.8, 4) is 0 Å². The van der Waals surface area contributed by atoms with E-state index in [0.29, 0.717) is 48.0 Å². The van der Waals surface area contributed by atoms with Crippen LogP contribution in [-0.2, 0) is 27.2 Å². The Kier molecular flexibility index (Phi) is 11.9. The number of carbonyl (C=O) groups is 1. The van der Waals surface area contributed by atoms with Gasteiger partial charge >= 0.3 is 5.97 Å². The van der Waals surface area contributed by atoms with Crippen molar-refractivity contribution in [3.05, 3.63) is 0 Å². The molecule has 4 rings (SSSR count). The second-order valence-corrected chi connectivity index (χ2v) is 38.4. The Morgan fingerprint density at radius 3 is 1.79 bits per heavy atom. The summed E-state index contributed by atoms with van der Waals surface area (Å²) in [4.78, 5) is 12.3. The lowest BCUT2D eigenvalue weighted by Gasteiger charge is -2.68. The molecule has 4 aliphatic carbocycles. The minimum Gasteiger partial charge on any atom is -0.469 e. The Morgan fingerprint density at radius 1 is 0.702 bits per heavy atom. The van der Waals surface area contributed by atoms with Crippen LogP contribution in [0.4, 0.5) is 0 Å². The number of ether oxygens (including phenoxy) is 1. The third-order valence-corrected chi connectivity index (χ3v) is 16.5. The monoisotopic (exact) mass is 726 g/mol. The van der Waals surface area contributed by atoms with Gasteiger partial charge in [0.05, 0.1) is 25.4 Å². The molecule has 7 unspecified atom stereocenters. The van der Waals surface area contributed by atoms with Gasteiger partial charge < -0.3 is 22.4 Å². The van der Waals surface area contributed by atoms with E-state index in [0.717, 1.165) is 25.7 Å². The van der Waals surface area contributed by atoms with E-state index in [9.17, 15) is 4.79 Å². The molecule has 4 fully saturated rings. The number of fused-ring (bicyclic) bond motifs is 5. The van der Waals surface area contributed by atoms with E-state index in [4.69, 9.17) is 22.4 Å². The number of rotatable bonds is 12. The second-order valence-electron chi connectivity index (χ2n) is 20.5. The van der Waals surface area contributed by atoms with Crippen molar-refractivity contribution in [2.75, 3.05) is 7.11 Å². The summed E-state index contributed by atoms with van der Waals surface area (Å²) in [6, 6.07) is 0. The van der Waals surface area contributed by atoms with Crippen LogP contribution >= 0.6 is 0 Å². The van der Waals surface area contributed by atoms with Crippen LogP contribution in [0.15, 0.2) is 0 Å². The van der Waals surface area contributed by atoms with Crippen LogP contribution in [0, 0.1) is 46.3 Å². The Labute approximate surface area is 294 Å². The molecule has 0 aromatic carbocycles. The third-order valence-electron chi connectivity index (χ3n) is 12.5. The fourth-order valence-corrected chi connectivity index (χ4v) is 15.7. The van der Waals surface area contributed by atoms with Gasteiger partial charge in [-0.3, -0.25) is 4.79 Å². The van der Waals surface area contributed by atoms with Gasteiger partial charge in [-0.2, -0.15) is 0 Å². The highest BCUT2D eigenvalue weighted by Gasteiger charge is 2.69. The van der Waals surface area contributed by atoms with Crippen molar-refractivity contribution in [3.63, 3.8) is 0 Å². The predicted octanol–water partition coefficient (Wildman–Crippen LogP) is 9.94. The molecule has 0 heterocycles. The first-order valence-corrected chi connectivity index (χ1v) is 32.7. The van der Waals surface area contributed by atoms with Gasteiger partial charge in [0.2, 0.25) is 0 Å². The summed E-state index contributed by atoms with van der Waals surface area (Å²) >= 11 is 0. The van der Waals surface area contributed by atoms with E-state index in [1.807, 2.05) is 0 Å². The fourth-order valence-electron chi connectivity index (χ4n) is 11.0. The van der Waals surface area contributed by atoms with E-state index in [-0.39, 0.29) is 35.1 Å². The Hall–Kier alpha value is 0.178. The normalized spacial score (nSPS) is 40.3. The SMILES string of the molecule is COC(=O)CCC(C)C1CCC2C3C(C[C@H](O[Si](C)(C)C)C12C)C1(C)CC[C@@H](O[Si](C)(C)C)C[C@H]1[C@@H](O[Si](C)(C)C)[C@H]3O[Si](C)(C)C. The molecule has 0 aromatic heterocycles. The van der Waals surface area contributed by atoms with Crippen molar-refractivity contribution >= 4 is 39.2 Å². The first-order valence-electron chi connectivity index (χ1n) is 19.1. The van der Waals surface area contributed by atoms with E-state index < -0.39 is 33.3 Å². The summed E-state index contributed by atoms with van der Waals surface area (Å²) in [5.41, 5.74) is 0.188. The van der Waals surface area contributed by atoms with E-state index >= 15 is 0 Å². The van der Waals surface area contributed by atoms with Crippen LogP contribution in [0.25, 0.3) is 0 Å². The van der Waals surface area contributed by atoms with Crippen LogP contribution in [0.2, 0.25) is 78.6 Å². The summed E-state index contributed by atoms with van der Waals surface area (Å²) in [7, 11) is -5.87. The molecule has 0 bridgehead atoms. The lowest BCUT2D eigenvalue weighted by molar-refractivity contribution is -0.232. The molecule has 274 valence electrons. The summed E-state index contributed by atoms with van der Waals surface area (Å²) in [5, 5.41) is 0. The molecular formula is C37H74O6Si4. The van der Waals surface area contributed by atoms with Gasteiger partial charge in [-0.1, -0.05) is 20.8 Å². The molecule has 0 N–H and O–H groups in total. The summed E-state index contributed by atoms with van der Waals surface area (Å²) in [6.07, 6.45) is 9.05. The van der Waals surface area contributed by atoms with E-state index in [2.05, 4.69) is 99.3 Å². The maximum atomic E-state index is 12.3. The molecule has 0 saturated heterocycles. The smallest absolute Gasteiger partial charge is 0.305 e. The molecular weight excluding hydrogens is 653 g/mol. The molecule has 0 aromatic rings. The molecule has 6 nitrogen and oxygen atoms in total. The van der Waals surface area contributed by atoms with Crippen LogP contribution in [0.5, 0.6) is 0 Å². The number of hydrogen-bond acceptors (Lipinski definition) is 6. The van der Waals surface area contributed by atoms with Gasteiger partial charge in [-0.25, -0.2) is 0 Å². The van der Waals surface area contributed by atoms with Crippen LogP contribution in [0.1, 0.15) is 72.1 Å². The molecule has 47 heavy (non-hydrogen) atoms. The highest BCUT2D eigenvalue weighted by molar-refractivity contribution is 6.71. The quantitative estimate of drug-likeness (QED) is 0.147. The third kappa shape index (κ3) is 8.98. The summed E-state index contributed by atoms with van der Waals surface area (Å²) < 4.78 is 34.3. The van der Waals surface area contributed by atoms with E-state index in [1.54, 1.807) is 0 Å². The fraction of sp³-hybridized carbons (Fsp3) is 0.973. The van der Waals surface area contributed by atoms with Gasteiger partial charge in [-0.05, 0) is 170 Å². The van der Waals surface area contributed by atoms with Crippen molar-refractivity contribution in [1.29, 1.82) is 0 Å². The Bertz CT molecular complexity index is 1090. The summed E-state index contributed by atoms with van der Waals surface area (Å²) in [6.45, 7) is 36.0. The van der Waals surface area contributed by atoms with Crippen LogP contribution in [-0.4, -0.2) is 70.8 Å². The van der Waals surface area contributed by atoms with E-state index in [1.165, 1.54) is 26.4 Å². The average Bonchev–Trinajstić information content (AvgIpc) is 3.25.